The Kier molecular flexibility index (Phi) is 5.11. The maximum absolute atomic E-state index is 11.6. The summed E-state index contributed by atoms with van der Waals surface area (Å²) in [6, 6.07) is 6.29. The van der Waals surface area contributed by atoms with Gasteiger partial charge >= 0.3 is 5.97 Å². The minimum atomic E-state index is -3.46. The van der Waals surface area contributed by atoms with Crippen molar-refractivity contribution < 1.29 is 23.1 Å². The van der Waals surface area contributed by atoms with Crippen molar-refractivity contribution in [2.45, 2.75) is 6.42 Å². The van der Waals surface area contributed by atoms with Crippen molar-refractivity contribution in [1.29, 1.82) is 0 Å². The van der Waals surface area contributed by atoms with Crippen LogP contribution in [0.5, 0.6) is 0 Å². The van der Waals surface area contributed by atoms with Crippen LogP contribution in [0.2, 0.25) is 0 Å². The van der Waals surface area contributed by atoms with E-state index in [9.17, 15) is 13.2 Å². The van der Waals surface area contributed by atoms with E-state index < -0.39 is 16.0 Å². The van der Waals surface area contributed by atoms with E-state index in [0.29, 0.717) is 11.3 Å². The number of benzene rings is 1. The molecule has 0 aliphatic heterocycles. The molecule has 0 amide bonds. The summed E-state index contributed by atoms with van der Waals surface area (Å²) in [4.78, 5) is 10.6. The number of ether oxygens (including phenoxy) is 1. The zero-order chi connectivity index (χ0) is 13.6. The minimum absolute atomic E-state index is 0.101. The monoisotopic (exact) mass is 273 g/mol. The van der Waals surface area contributed by atoms with E-state index in [-0.39, 0.29) is 18.8 Å². The summed E-state index contributed by atoms with van der Waals surface area (Å²) in [6.45, 7) is 0.101. The molecule has 2 N–H and O–H groups in total. The Bertz CT molecular complexity index is 512. The molecule has 7 heteroatoms. The van der Waals surface area contributed by atoms with Crippen molar-refractivity contribution in [3.63, 3.8) is 0 Å². The third-order valence-corrected chi connectivity index (χ3v) is 3.36. The molecule has 0 fully saturated rings. The van der Waals surface area contributed by atoms with Gasteiger partial charge in [-0.05, 0) is 17.7 Å². The van der Waals surface area contributed by atoms with Crippen molar-refractivity contribution in [3.05, 3.63) is 29.8 Å². The lowest BCUT2D eigenvalue weighted by Crippen LogP contribution is -2.19. The molecular formula is C11H15NO5S. The second-order valence-corrected chi connectivity index (χ2v) is 5.53. The van der Waals surface area contributed by atoms with E-state index in [2.05, 4.69) is 4.72 Å². The molecular weight excluding hydrogens is 258 g/mol. The Morgan fingerprint density at radius 2 is 2.17 bits per heavy atom. The summed E-state index contributed by atoms with van der Waals surface area (Å²) < 4.78 is 30.2. The highest BCUT2D eigenvalue weighted by atomic mass is 32.2. The Labute approximate surface area is 106 Å². The van der Waals surface area contributed by atoms with E-state index in [1.165, 1.54) is 13.2 Å². The molecule has 0 aliphatic rings. The highest BCUT2D eigenvalue weighted by Crippen LogP contribution is 2.13. The first kappa shape index (κ1) is 14.5. The van der Waals surface area contributed by atoms with Crippen LogP contribution < -0.4 is 4.72 Å². The van der Waals surface area contributed by atoms with Crippen molar-refractivity contribution in [3.8, 4) is 0 Å². The third kappa shape index (κ3) is 5.15. The maximum atomic E-state index is 11.6. The number of carboxylic acid groups (broad SMARTS) is 1. The van der Waals surface area contributed by atoms with Crippen LogP contribution in [0.25, 0.3) is 0 Å². The highest BCUT2D eigenvalue weighted by molar-refractivity contribution is 7.92. The van der Waals surface area contributed by atoms with Crippen LogP contribution in [0.15, 0.2) is 24.3 Å². The Morgan fingerprint density at radius 1 is 1.44 bits per heavy atom. The normalized spacial score (nSPS) is 11.2. The molecule has 6 nitrogen and oxygen atoms in total. The number of carboxylic acids is 1. The number of rotatable bonds is 7. The van der Waals surface area contributed by atoms with Gasteiger partial charge in [0.2, 0.25) is 10.0 Å². The predicted octanol–water partition coefficient (Wildman–Crippen LogP) is 0.702. The van der Waals surface area contributed by atoms with Crippen LogP contribution in [-0.4, -0.2) is 39.0 Å². The average molecular weight is 273 g/mol. The number of hydrogen-bond donors (Lipinski definition) is 2. The van der Waals surface area contributed by atoms with Gasteiger partial charge in [-0.25, -0.2) is 8.42 Å². The quantitative estimate of drug-likeness (QED) is 0.763. The smallest absolute Gasteiger partial charge is 0.307 e. The predicted molar refractivity (Wildman–Crippen MR) is 67.1 cm³/mol. The van der Waals surface area contributed by atoms with E-state index in [4.69, 9.17) is 9.84 Å². The van der Waals surface area contributed by atoms with Crippen LogP contribution in [-0.2, 0) is 26.0 Å². The molecule has 0 unspecified atom stereocenters. The molecule has 0 saturated carbocycles. The zero-order valence-electron chi connectivity index (χ0n) is 9.92. The van der Waals surface area contributed by atoms with Gasteiger partial charge in [0.1, 0.15) is 0 Å². The first-order valence-corrected chi connectivity index (χ1v) is 6.88. The summed E-state index contributed by atoms with van der Waals surface area (Å²) >= 11 is 0. The Morgan fingerprint density at radius 3 is 2.78 bits per heavy atom. The standard InChI is InChI=1S/C11H15NO5S/c1-17-5-6-18(15,16)12-10-4-2-3-9(7-10)8-11(13)14/h2-4,7,12H,5-6,8H2,1H3,(H,13,14). The van der Waals surface area contributed by atoms with Gasteiger partial charge in [-0.15, -0.1) is 0 Å². The Hall–Kier alpha value is -1.60. The van der Waals surface area contributed by atoms with Gasteiger partial charge in [0.25, 0.3) is 0 Å². The first-order valence-electron chi connectivity index (χ1n) is 5.23. The van der Waals surface area contributed by atoms with Crippen LogP contribution in [0.4, 0.5) is 5.69 Å². The van der Waals surface area contributed by atoms with E-state index in [1.807, 2.05) is 0 Å². The van der Waals surface area contributed by atoms with E-state index >= 15 is 0 Å². The number of nitrogens with one attached hydrogen (secondary N) is 1. The first-order chi connectivity index (χ1) is 8.43. The van der Waals surface area contributed by atoms with Crippen LogP contribution in [0.3, 0.4) is 0 Å². The number of sulfonamides is 1. The molecule has 1 aromatic carbocycles. The molecule has 0 bridgehead atoms. The molecule has 1 rings (SSSR count). The van der Waals surface area contributed by atoms with Crippen LogP contribution in [0.1, 0.15) is 5.56 Å². The van der Waals surface area contributed by atoms with Gasteiger partial charge in [0, 0.05) is 12.8 Å². The average Bonchev–Trinajstić information content (AvgIpc) is 2.25. The topological polar surface area (TPSA) is 92.7 Å². The molecule has 0 aliphatic carbocycles. The van der Waals surface area contributed by atoms with Crippen molar-refractivity contribution in [2.75, 3.05) is 24.2 Å². The Balaban J connectivity index is 2.75. The highest BCUT2D eigenvalue weighted by Gasteiger charge is 2.10. The van der Waals surface area contributed by atoms with Gasteiger partial charge in [-0.1, -0.05) is 12.1 Å². The number of carbonyl (C=O) groups is 1. The maximum Gasteiger partial charge on any atom is 0.307 e. The fourth-order valence-electron chi connectivity index (χ4n) is 1.34. The molecule has 100 valence electrons. The number of anilines is 1. The van der Waals surface area contributed by atoms with Gasteiger partial charge < -0.3 is 9.84 Å². The zero-order valence-corrected chi connectivity index (χ0v) is 10.7. The van der Waals surface area contributed by atoms with Gasteiger partial charge in [-0.3, -0.25) is 9.52 Å². The lowest BCUT2D eigenvalue weighted by molar-refractivity contribution is -0.136. The van der Waals surface area contributed by atoms with E-state index in [1.54, 1.807) is 18.2 Å². The fourth-order valence-corrected chi connectivity index (χ4v) is 2.32. The van der Waals surface area contributed by atoms with Crippen LogP contribution in [0, 0.1) is 0 Å². The largest absolute Gasteiger partial charge is 0.481 e. The van der Waals surface area contributed by atoms with Gasteiger partial charge in [0.15, 0.2) is 0 Å². The summed E-state index contributed by atoms with van der Waals surface area (Å²) in [6.07, 6.45) is -0.145. The molecule has 0 heterocycles. The lowest BCUT2D eigenvalue weighted by Gasteiger charge is -2.08. The second-order valence-electron chi connectivity index (χ2n) is 3.68. The van der Waals surface area contributed by atoms with Crippen molar-refractivity contribution in [2.24, 2.45) is 0 Å². The molecule has 0 spiro atoms. The summed E-state index contributed by atoms with van der Waals surface area (Å²) in [5.74, 6) is -1.11. The van der Waals surface area contributed by atoms with Gasteiger partial charge in [-0.2, -0.15) is 0 Å². The lowest BCUT2D eigenvalue weighted by atomic mass is 10.1. The van der Waals surface area contributed by atoms with Crippen LogP contribution >= 0.6 is 0 Å². The number of hydrogen-bond acceptors (Lipinski definition) is 4. The second kappa shape index (κ2) is 6.36. The fraction of sp³-hybridized carbons (Fsp3) is 0.364. The number of methoxy groups -OCH3 is 1. The SMILES string of the molecule is COCCS(=O)(=O)Nc1cccc(CC(=O)O)c1. The molecule has 0 radical (unpaired) electrons. The van der Waals surface area contributed by atoms with Gasteiger partial charge in [0.05, 0.1) is 18.8 Å². The molecule has 0 atom stereocenters. The summed E-state index contributed by atoms with van der Waals surface area (Å²) in [5, 5.41) is 8.65. The van der Waals surface area contributed by atoms with Crippen molar-refractivity contribution in [1.82, 2.24) is 0 Å². The minimum Gasteiger partial charge on any atom is -0.481 e. The van der Waals surface area contributed by atoms with Crippen molar-refractivity contribution >= 4 is 21.7 Å². The molecule has 0 saturated heterocycles. The number of aliphatic carboxylic acids is 1. The molecule has 18 heavy (non-hydrogen) atoms. The van der Waals surface area contributed by atoms with E-state index in [0.717, 1.165) is 0 Å². The summed E-state index contributed by atoms with van der Waals surface area (Å²) in [5.41, 5.74) is 0.888. The molecule has 0 aromatic heterocycles. The third-order valence-electron chi connectivity index (χ3n) is 2.11. The summed E-state index contributed by atoms with van der Waals surface area (Å²) in [7, 11) is -2.04. The molecule has 1 aromatic rings.